The van der Waals surface area contributed by atoms with Crippen LogP contribution in [0.4, 0.5) is 34.1 Å². The first-order valence-corrected chi connectivity index (χ1v) is 35.2. The lowest BCUT2D eigenvalue weighted by Gasteiger charge is -2.32. The van der Waals surface area contributed by atoms with Crippen molar-refractivity contribution in [3.8, 4) is 22.3 Å². The van der Waals surface area contributed by atoms with Crippen molar-refractivity contribution in [3.05, 3.63) is 338 Å². The van der Waals surface area contributed by atoms with Crippen molar-refractivity contribution in [2.24, 2.45) is 0 Å². The molecule has 0 N–H and O–H groups in total. The molecule has 0 saturated carbocycles. The first-order valence-electron chi connectivity index (χ1n) is 35.2. The summed E-state index contributed by atoms with van der Waals surface area (Å²) in [6.07, 6.45) is 0.799. The highest BCUT2D eigenvalue weighted by molar-refractivity contribution is 6.28. The van der Waals surface area contributed by atoms with Gasteiger partial charge < -0.3 is 18.6 Å². The summed E-state index contributed by atoms with van der Waals surface area (Å²) in [6.45, 7) is 11.9. The normalized spacial score (nSPS) is 12.5. The fourth-order valence-corrected chi connectivity index (χ4v) is 16.8. The van der Waals surface area contributed by atoms with Gasteiger partial charge in [-0.25, -0.2) is 0 Å². The number of aromatic nitrogens is 2. The summed E-state index contributed by atoms with van der Waals surface area (Å²) >= 11 is 0. The maximum absolute atomic E-state index is 2.58. The van der Waals surface area contributed by atoms with Gasteiger partial charge in [0.2, 0.25) is 0 Å². The summed E-state index contributed by atoms with van der Waals surface area (Å²) in [5, 5.41) is 20.1. The van der Waals surface area contributed by atoms with Gasteiger partial charge in [0.05, 0.1) is 33.1 Å². The van der Waals surface area contributed by atoms with Gasteiger partial charge in [-0.1, -0.05) is 204 Å². The number of nitrogens with zero attached hydrogens (tertiary/aromatic N) is 4. The molecule has 16 aromatic carbocycles. The van der Waals surface area contributed by atoms with Crippen molar-refractivity contribution in [1.29, 1.82) is 0 Å². The molecule has 0 unspecified atom stereocenters. The molecule has 0 aliphatic rings. The van der Waals surface area contributed by atoms with E-state index >= 15 is 0 Å². The third kappa shape index (κ3) is 9.13. The third-order valence-corrected chi connectivity index (χ3v) is 21.9. The fourth-order valence-electron chi connectivity index (χ4n) is 16.8. The average molecular weight is 1280 g/mol. The molecule has 4 heterocycles. The van der Waals surface area contributed by atoms with Crippen LogP contribution >= 0.6 is 0 Å². The largest absolute Gasteiger partial charge is 0.310 e. The van der Waals surface area contributed by atoms with Crippen molar-refractivity contribution in [2.45, 2.75) is 51.9 Å². The van der Waals surface area contributed by atoms with Gasteiger partial charge in [0.15, 0.2) is 0 Å². The van der Waals surface area contributed by atoms with Gasteiger partial charge in [-0.3, -0.25) is 0 Å². The summed E-state index contributed by atoms with van der Waals surface area (Å²) < 4.78 is 5.15. The zero-order valence-corrected chi connectivity index (χ0v) is 56.6. The van der Waals surface area contributed by atoms with Gasteiger partial charge in [0, 0.05) is 77.2 Å². The van der Waals surface area contributed by atoms with Crippen molar-refractivity contribution in [3.63, 3.8) is 0 Å². The summed E-state index contributed by atoms with van der Waals surface area (Å²) in [5.74, 6) is 0. The molecule has 0 atom stereocenters. The van der Waals surface area contributed by atoms with Crippen LogP contribution in [0.15, 0.2) is 322 Å². The van der Waals surface area contributed by atoms with Crippen LogP contribution in [0.5, 0.6) is 0 Å². The molecule has 0 aliphatic heterocycles. The Bertz CT molecular complexity index is 6450. The molecule has 0 spiro atoms. The lowest BCUT2D eigenvalue weighted by atomic mass is 9.77. The molecular formula is C96H70N4. The van der Waals surface area contributed by atoms with E-state index in [2.05, 4.69) is 375 Å². The first kappa shape index (κ1) is 58.0. The molecule has 0 saturated heterocycles. The monoisotopic (exact) mass is 1280 g/mol. The van der Waals surface area contributed by atoms with Gasteiger partial charge in [0.25, 0.3) is 0 Å². The molecule has 0 radical (unpaired) electrons. The number of hydrogen-bond acceptors (Lipinski definition) is 2. The highest BCUT2D eigenvalue weighted by atomic mass is 15.1. The molecule has 4 aromatic heterocycles. The molecule has 0 amide bonds. The minimum absolute atomic E-state index is 0.0587. The van der Waals surface area contributed by atoms with Crippen LogP contribution < -0.4 is 9.80 Å². The highest BCUT2D eigenvalue weighted by Gasteiger charge is 2.30. The molecule has 0 aliphatic carbocycles. The number of benzene rings is 16. The number of anilines is 6. The van der Waals surface area contributed by atoms with Crippen LogP contribution in [0.25, 0.3) is 142 Å². The second kappa shape index (κ2) is 21.9. The number of hydrogen-bond donors (Lipinski definition) is 0. The van der Waals surface area contributed by atoms with E-state index in [1.165, 1.54) is 164 Å². The van der Waals surface area contributed by atoms with Crippen LogP contribution in [-0.2, 0) is 17.3 Å². The van der Waals surface area contributed by atoms with Crippen LogP contribution in [0, 0.1) is 0 Å². The Kier molecular flexibility index (Phi) is 12.7. The van der Waals surface area contributed by atoms with E-state index in [1.807, 2.05) is 0 Å². The molecule has 100 heavy (non-hydrogen) atoms. The average Bonchev–Trinajstić information content (AvgIpc) is 1.54. The van der Waals surface area contributed by atoms with E-state index < -0.39 is 0 Å². The lowest BCUT2D eigenvalue weighted by Crippen LogP contribution is -2.22. The topological polar surface area (TPSA) is 15.3 Å². The van der Waals surface area contributed by atoms with Crippen LogP contribution in [0.1, 0.15) is 51.3 Å². The van der Waals surface area contributed by atoms with E-state index in [0.717, 1.165) is 34.9 Å². The number of rotatable bonds is 11. The zero-order chi connectivity index (χ0) is 66.7. The minimum Gasteiger partial charge on any atom is -0.310 e. The predicted octanol–water partition coefficient (Wildman–Crippen LogP) is 26.7. The molecule has 20 rings (SSSR count). The zero-order valence-electron chi connectivity index (χ0n) is 56.6. The molecule has 0 bridgehead atoms. The lowest BCUT2D eigenvalue weighted by molar-refractivity contribution is 0.524. The van der Waals surface area contributed by atoms with Crippen LogP contribution in [0.2, 0.25) is 0 Å². The Labute approximate surface area is 580 Å². The summed E-state index contributed by atoms with van der Waals surface area (Å²) in [5.41, 5.74) is 22.7. The highest BCUT2D eigenvalue weighted by Crippen LogP contribution is 2.50. The maximum atomic E-state index is 2.58. The van der Waals surface area contributed by atoms with Crippen molar-refractivity contribution >= 4 is 153 Å². The smallest absolute Gasteiger partial charge is 0.0620 e. The number of fused-ring (bicyclic) bond motifs is 16. The SMILES string of the molecule is CC(C)(C)c1cc2c3cc4ccc(N(c5ccccc5)c5ccccc5)cc4cc3n3c4cc5cc(N(c6ccccc6)c6ccccc6CC(C)(C)c6cc7c8cc9ccc(-c%10ccccc%10)cc9cc8n8c9cc%10cc(-c%11ccccc%11)ccc%10cc9c(c6)c78)ccc5cc4c(c1)c23. The van der Waals surface area contributed by atoms with E-state index in [0.29, 0.717) is 0 Å². The minimum atomic E-state index is -0.310. The molecular weight excluding hydrogens is 1210 g/mol. The summed E-state index contributed by atoms with van der Waals surface area (Å²) in [6, 6.07) is 121. The van der Waals surface area contributed by atoms with Gasteiger partial charge in [0.1, 0.15) is 0 Å². The van der Waals surface area contributed by atoms with E-state index in [9.17, 15) is 0 Å². The Hall–Kier alpha value is -12.2. The molecule has 4 heteroatoms. The fraction of sp³-hybridized carbons (Fsp3) is 0.0833. The van der Waals surface area contributed by atoms with E-state index in [-0.39, 0.29) is 10.8 Å². The quantitative estimate of drug-likeness (QED) is 0.128. The van der Waals surface area contributed by atoms with Crippen molar-refractivity contribution < 1.29 is 0 Å². The second-order valence-electron chi connectivity index (χ2n) is 29.5. The Morgan fingerprint density at radius 1 is 0.250 bits per heavy atom. The number of para-hydroxylation sites is 4. The molecule has 474 valence electrons. The summed E-state index contributed by atoms with van der Waals surface area (Å²) in [4.78, 5) is 4.86. The molecule has 0 fully saturated rings. The molecule has 4 nitrogen and oxygen atoms in total. The van der Waals surface area contributed by atoms with Crippen LogP contribution in [-0.4, -0.2) is 8.80 Å². The third-order valence-electron chi connectivity index (χ3n) is 21.9. The van der Waals surface area contributed by atoms with Gasteiger partial charge in [-0.2, -0.15) is 0 Å². The van der Waals surface area contributed by atoms with E-state index in [1.54, 1.807) is 0 Å². The van der Waals surface area contributed by atoms with Gasteiger partial charge in [-0.15, -0.1) is 0 Å². The van der Waals surface area contributed by atoms with Crippen LogP contribution in [0.3, 0.4) is 0 Å². The van der Waals surface area contributed by atoms with Gasteiger partial charge >= 0.3 is 0 Å². The molecule has 20 aromatic rings. The van der Waals surface area contributed by atoms with E-state index in [4.69, 9.17) is 0 Å². The Morgan fingerprint density at radius 3 is 1.00 bits per heavy atom. The Balaban J connectivity index is 0.733. The predicted molar refractivity (Wildman–Crippen MR) is 428 cm³/mol. The van der Waals surface area contributed by atoms with Crippen molar-refractivity contribution in [2.75, 3.05) is 9.80 Å². The summed E-state index contributed by atoms with van der Waals surface area (Å²) in [7, 11) is 0. The second-order valence-corrected chi connectivity index (χ2v) is 29.5. The van der Waals surface area contributed by atoms with Gasteiger partial charge in [-0.05, 0) is 251 Å². The Morgan fingerprint density at radius 2 is 0.590 bits per heavy atom. The maximum Gasteiger partial charge on any atom is 0.0620 e. The standard InChI is InChI=1S/C96H70N4/c1-95(2,3)73-55-84-80-49-66-39-41-78(97(75-28-15-8-16-29-75)76-30-17-9-18-31-76)45-71(66)53-91(80)100-92-54-72-46-79(42-40-67(72)50-81(92)85(56-73)93(84)100)98(77-32-19-10-20-33-77)88-34-22-21-27-68(88)59-96(4,5)74-57-86-82-47-64-37-35-62(60-23-11-6-12-24-60)43-69(64)51-89(82)99-90-52-70-44-63(61-25-13-7-14-26-61)36-38-65(70)48-83(90)87(58-74)94(86)99/h6-58H,59H2,1-5H3. The van der Waals surface area contributed by atoms with Crippen molar-refractivity contribution in [1.82, 2.24) is 8.80 Å². The first-order chi connectivity index (χ1) is 48.9.